The number of aryl methyl sites for hydroxylation is 1. The Morgan fingerprint density at radius 3 is 3.00 bits per heavy atom. The molecule has 0 aliphatic carbocycles. The lowest BCUT2D eigenvalue weighted by Crippen LogP contribution is -2.12. The smallest absolute Gasteiger partial charge is 0.408 e. The molecule has 0 aliphatic rings. The molecule has 5 nitrogen and oxygen atoms in total. The van der Waals surface area contributed by atoms with Gasteiger partial charge in [-0.25, -0.2) is 4.79 Å². The molecule has 0 amide bonds. The zero-order valence-electron chi connectivity index (χ0n) is 9.02. The van der Waals surface area contributed by atoms with Crippen molar-refractivity contribution >= 4 is 16.8 Å². The van der Waals surface area contributed by atoms with E-state index in [1.54, 1.807) is 32.2 Å². The van der Waals surface area contributed by atoms with Gasteiger partial charge >= 0.3 is 5.76 Å². The molecule has 2 rings (SSSR count). The summed E-state index contributed by atoms with van der Waals surface area (Å²) in [5, 5.41) is 11.7. The zero-order valence-corrected chi connectivity index (χ0v) is 9.02. The highest BCUT2D eigenvalue weighted by atomic mass is 16.4. The maximum Gasteiger partial charge on any atom is 0.419 e. The SMILES string of the molecule is CC(C#N)Nc1ccc2oc(=O)n(C)c2c1. The van der Waals surface area contributed by atoms with Crippen LogP contribution in [0.1, 0.15) is 6.92 Å². The number of oxazole rings is 1. The van der Waals surface area contributed by atoms with Gasteiger partial charge < -0.3 is 9.73 Å². The third-order valence-corrected chi connectivity index (χ3v) is 2.37. The highest BCUT2D eigenvalue weighted by Crippen LogP contribution is 2.18. The summed E-state index contributed by atoms with van der Waals surface area (Å²) in [5.74, 6) is -0.388. The van der Waals surface area contributed by atoms with Crippen molar-refractivity contribution in [2.75, 3.05) is 5.32 Å². The maximum atomic E-state index is 11.3. The number of nitrogens with zero attached hydrogens (tertiary/aromatic N) is 2. The van der Waals surface area contributed by atoms with Crippen molar-refractivity contribution in [3.63, 3.8) is 0 Å². The molecular formula is C11H11N3O2. The molecule has 0 saturated carbocycles. The van der Waals surface area contributed by atoms with Crippen molar-refractivity contribution in [1.82, 2.24) is 4.57 Å². The summed E-state index contributed by atoms with van der Waals surface area (Å²) in [6.45, 7) is 1.76. The van der Waals surface area contributed by atoms with Crippen LogP contribution in [0.3, 0.4) is 0 Å². The van der Waals surface area contributed by atoms with Crippen LogP contribution >= 0.6 is 0 Å². The molecule has 0 bridgehead atoms. The van der Waals surface area contributed by atoms with Gasteiger partial charge in [0.25, 0.3) is 0 Å². The Bertz CT molecular complexity index is 618. The highest BCUT2D eigenvalue weighted by Gasteiger charge is 2.07. The summed E-state index contributed by atoms with van der Waals surface area (Å²) >= 11 is 0. The number of aromatic nitrogens is 1. The number of benzene rings is 1. The van der Waals surface area contributed by atoms with Crippen LogP contribution in [-0.4, -0.2) is 10.6 Å². The first-order chi connectivity index (χ1) is 7.61. The fourth-order valence-electron chi connectivity index (χ4n) is 1.50. The van der Waals surface area contributed by atoms with E-state index in [0.717, 1.165) is 5.69 Å². The molecule has 5 heteroatoms. The van der Waals surface area contributed by atoms with E-state index in [2.05, 4.69) is 11.4 Å². The Balaban J connectivity index is 2.48. The summed E-state index contributed by atoms with van der Waals surface area (Å²) in [4.78, 5) is 11.3. The van der Waals surface area contributed by atoms with Gasteiger partial charge in [0.05, 0.1) is 11.6 Å². The lowest BCUT2D eigenvalue weighted by Gasteiger charge is -2.07. The molecule has 16 heavy (non-hydrogen) atoms. The average molecular weight is 217 g/mol. The number of hydrogen-bond donors (Lipinski definition) is 1. The van der Waals surface area contributed by atoms with Crippen LogP contribution in [0.15, 0.2) is 27.4 Å². The molecule has 1 aromatic carbocycles. The molecule has 0 aliphatic heterocycles. The summed E-state index contributed by atoms with van der Waals surface area (Å²) < 4.78 is 6.43. The Kier molecular flexibility index (Phi) is 2.41. The number of anilines is 1. The second-order valence-corrected chi connectivity index (χ2v) is 3.60. The van der Waals surface area contributed by atoms with E-state index in [9.17, 15) is 4.79 Å². The van der Waals surface area contributed by atoms with Crippen LogP contribution in [-0.2, 0) is 7.05 Å². The van der Waals surface area contributed by atoms with Crippen molar-refractivity contribution in [3.05, 3.63) is 28.7 Å². The molecule has 1 aromatic heterocycles. The summed E-state index contributed by atoms with van der Waals surface area (Å²) in [7, 11) is 1.64. The van der Waals surface area contributed by atoms with E-state index in [4.69, 9.17) is 9.68 Å². The zero-order chi connectivity index (χ0) is 11.7. The molecule has 0 radical (unpaired) electrons. The Morgan fingerprint density at radius 1 is 1.56 bits per heavy atom. The second kappa shape index (κ2) is 3.74. The van der Waals surface area contributed by atoms with Crippen LogP contribution in [0.5, 0.6) is 0 Å². The Morgan fingerprint density at radius 2 is 2.31 bits per heavy atom. The minimum absolute atomic E-state index is 0.277. The number of rotatable bonds is 2. The second-order valence-electron chi connectivity index (χ2n) is 3.60. The monoisotopic (exact) mass is 217 g/mol. The molecule has 0 saturated heterocycles. The topological polar surface area (TPSA) is 71.0 Å². The van der Waals surface area contributed by atoms with Gasteiger partial charge in [-0.1, -0.05) is 0 Å². The molecule has 2 aromatic rings. The van der Waals surface area contributed by atoms with Crippen molar-refractivity contribution in [1.29, 1.82) is 5.26 Å². The summed E-state index contributed by atoms with van der Waals surface area (Å²) in [5.41, 5.74) is 2.04. The molecule has 0 fully saturated rings. The van der Waals surface area contributed by atoms with E-state index in [0.29, 0.717) is 11.1 Å². The predicted molar refractivity (Wildman–Crippen MR) is 60.2 cm³/mol. The number of nitrogens with one attached hydrogen (secondary N) is 1. The summed E-state index contributed by atoms with van der Waals surface area (Å²) in [6.07, 6.45) is 0. The molecule has 1 heterocycles. The minimum Gasteiger partial charge on any atom is -0.408 e. The Labute approximate surface area is 91.9 Å². The van der Waals surface area contributed by atoms with Crippen LogP contribution in [0.2, 0.25) is 0 Å². The lowest BCUT2D eigenvalue weighted by atomic mass is 10.2. The first-order valence-corrected chi connectivity index (χ1v) is 4.87. The molecule has 82 valence electrons. The third kappa shape index (κ3) is 1.65. The lowest BCUT2D eigenvalue weighted by molar-refractivity contribution is 0.528. The average Bonchev–Trinajstić information content (AvgIpc) is 2.55. The number of fused-ring (bicyclic) bond motifs is 1. The number of nitriles is 1. The molecular weight excluding hydrogens is 206 g/mol. The van der Waals surface area contributed by atoms with E-state index in [1.165, 1.54) is 4.57 Å². The van der Waals surface area contributed by atoms with Gasteiger partial charge in [-0.15, -0.1) is 0 Å². The number of hydrogen-bond acceptors (Lipinski definition) is 4. The van der Waals surface area contributed by atoms with Gasteiger partial charge in [0, 0.05) is 12.7 Å². The van der Waals surface area contributed by atoms with Crippen LogP contribution in [0.25, 0.3) is 11.1 Å². The van der Waals surface area contributed by atoms with Crippen molar-refractivity contribution < 1.29 is 4.42 Å². The first-order valence-electron chi connectivity index (χ1n) is 4.87. The molecule has 0 spiro atoms. The fourth-order valence-corrected chi connectivity index (χ4v) is 1.50. The van der Waals surface area contributed by atoms with Gasteiger partial charge in [0.2, 0.25) is 0 Å². The molecule has 1 atom stereocenters. The van der Waals surface area contributed by atoms with Gasteiger partial charge in [-0.3, -0.25) is 4.57 Å². The van der Waals surface area contributed by atoms with Gasteiger partial charge in [0.15, 0.2) is 5.58 Å². The van der Waals surface area contributed by atoms with Crippen molar-refractivity contribution in [2.24, 2.45) is 7.05 Å². The van der Waals surface area contributed by atoms with Gasteiger partial charge in [-0.05, 0) is 25.1 Å². The minimum atomic E-state index is -0.388. The largest absolute Gasteiger partial charge is 0.419 e. The fraction of sp³-hybridized carbons (Fsp3) is 0.273. The Hall–Kier alpha value is -2.22. The van der Waals surface area contributed by atoms with Crippen LogP contribution in [0.4, 0.5) is 5.69 Å². The maximum absolute atomic E-state index is 11.3. The van der Waals surface area contributed by atoms with Crippen LogP contribution in [0, 0.1) is 11.3 Å². The van der Waals surface area contributed by atoms with E-state index in [1.807, 2.05) is 0 Å². The van der Waals surface area contributed by atoms with Gasteiger partial charge in [-0.2, -0.15) is 5.26 Å². The quantitative estimate of drug-likeness (QED) is 0.826. The molecule has 1 unspecified atom stereocenters. The van der Waals surface area contributed by atoms with Gasteiger partial charge in [0.1, 0.15) is 6.04 Å². The van der Waals surface area contributed by atoms with Crippen molar-refractivity contribution in [2.45, 2.75) is 13.0 Å². The first kappa shape index (κ1) is 10.3. The van der Waals surface area contributed by atoms with Crippen molar-refractivity contribution in [3.8, 4) is 6.07 Å². The molecule has 1 N–H and O–H groups in total. The predicted octanol–water partition coefficient (Wildman–Crippen LogP) is 1.46. The summed E-state index contributed by atoms with van der Waals surface area (Å²) in [6, 6.07) is 7.08. The van der Waals surface area contributed by atoms with E-state index >= 15 is 0 Å². The normalized spacial score (nSPS) is 12.3. The third-order valence-electron chi connectivity index (χ3n) is 2.37. The standard InChI is InChI=1S/C11H11N3O2/c1-7(6-12)13-8-3-4-10-9(5-8)14(2)11(15)16-10/h3-5,7,13H,1-2H3. The highest BCUT2D eigenvalue weighted by molar-refractivity contribution is 5.77. The van der Waals surface area contributed by atoms with E-state index in [-0.39, 0.29) is 11.8 Å². The van der Waals surface area contributed by atoms with E-state index < -0.39 is 0 Å². The van der Waals surface area contributed by atoms with Crippen LogP contribution < -0.4 is 11.1 Å².